The van der Waals surface area contributed by atoms with Gasteiger partial charge in [-0.05, 0) is 37.5 Å². The highest BCUT2D eigenvalue weighted by Gasteiger charge is 2.25. The largest absolute Gasteiger partial charge is 0.391 e. The van der Waals surface area contributed by atoms with Crippen molar-refractivity contribution in [3.05, 3.63) is 27.9 Å². The number of hydrogen-bond acceptors (Lipinski definition) is 3. The smallest absolute Gasteiger partial charge is 0.256 e. The maximum absolute atomic E-state index is 11.6. The molecule has 0 bridgehead atoms. The van der Waals surface area contributed by atoms with Gasteiger partial charge in [-0.1, -0.05) is 13.8 Å². The second-order valence-electron chi connectivity index (χ2n) is 5.64. The van der Waals surface area contributed by atoms with Crippen LogP contribution in [0.1, 0.15) is 56.8 Å². The van der Waals surface area contributed by atoms with Crippen LogP contribution in [0.25, 0.3) is 0 Å². The third-order valence-electron chi connectivity index (χ3n) is 4.16. The zero-order valence-electron chi connectivity index (χ0n) is 11.1. The average molecular weight is 250 g/mol. The number of nitrogens with one attached hydrogen (secondary N) is 1. The van der Waals surface area contributed by atoms with Crippen molar-refractivity contribution < 1.29 is 5.11 Å². The maximum atomic E-state index is 11.6. The van der Waals surface area contributed by atoms with Crippen LogP contribution >= 0.6 is 0 Å². The number of aliphatic hydroxyl groups excluding tert-OH is 1. The Bertz CT molecular complexity index is 445. The molecule has 2 N–H and O–H groups in total. The molecule has 1 fully saturated rings. The summed E-state index contributed by atoms with van der Waals surface area (Å²) in [6.45, 7) is 4.31. The van der Waals surface area contributed by atoms with E-state index in [1.54, 1.807) is 0 Å². The molecule has 2 rings (SSSR count). The molecule has 0 aliphatic heterocycles. The number of nitrogens with zero attached hydrogens (tertiary/aromatic N) is 1. The van der Waals surface area contributed by atoms with E-state index in [0.717, 1.165) is 30.5 Å². The SMILES string of the molecule is CC(C)C1CCC(c2ncc(CO)c(=O)[nH]2)CC1. The van der Waals surface area contributed by atoms with Crippen molar-refractivity contribution >= 4 is 0 Å². The Kier molecular flexibility index (Phi) is 4.17. The molecule has 4 nitrogen and oxygen atoms in total. The van der Waals surface area contributed by atoms with Crippen molar-refractivity contribution in [2.24, 2.45) is 11.8 Å². The lowest BCUT2D eigenvalue weighted by Crippen LogP contribution is -2.22. The van der Waals surface area contributed by atoms with Crippen LogP contribution in [0, 0.1) is 11.8 Å². The first-order valence-corrected chi connectivity index (χ1v) is 6.80. The Hall–Kier alpha value is -1.16. The summed E-state index contributed by atoms with van der Waals surface area (Å²) in [6.07, 6.45) is 6.14. The number of hydrogen-bond donors (Lipinski definition) is 2. The Morgan fingerprint density at radius 2 is 2.06 bits per heavy atom. The van der Waals surface area contributed by atoms with E-state index < -0.39 is 0 Å². The molecule has 0 amide bonds. The van der Waals surface area contributed by atoms with Crippen molar-refractivity contribution in [2.75, 3.05) is 0 Å². The monoisotopic (exact) mass is 250 g/mol. The number of aromatic amines is 1. The van der Waals surface area contributed by atoms with Gasteiger partial charge in [-0.2, -0.15) is 0 Å². The van der Waals surface area contributed by atoms with Gasteiger partial charge in [0.1, 0.15) is 5.82 Å². The number of aliphatic hydroxyl groups is 1. The third-order valence-corrected chi connectivity index (χ3v) is 4.16. The second kappa shape index (κ2) is 5.65. The Labute approximate surface area is 107 Å². The zero-order valence-corrected chi connectivity index (χ0v) is 11.1. The Morgan fingerprint density at radius 3 is 2.56 bits per heavy atom. The summed E-state index contributed by atoms with van der Waals surface area (Å²) in [4.78, 5) is 18.7. The van der Waals surface area contributed by atoms with Crippen molar-refractivity contribution in [1.82, 2.24) is 9.97 Å². The molecule has 0 atom stereocenters. The maximum Gasteiger partial charge on any atom is 0.256 e. The summed E-state index contributed by atoms with van der Waals surface area (Å²) >= 11 is 0. The Balaban J connectivity index is 2.06. The van der Waals surface area contributed by atoms with Crippen LogP contribution < -0.4 is 5.56 Å². The summed E-state index contributed by atoms with van der Waals surface area (Å²) in [5.41, 5.74) is 0.142. The van der Waals surface area contributed by atoms with E-state index in [2.05, 4.69) is 23.8 Å². The number of rotatable bonds is 3. The van der Waals surface area contributed by atoms with Crippen molar-refractivity contribution in [3.8, 4) is 0 Å². The van der Waals surface area contributed by atoms with Gasteiger partial charge in [0.15, 0.2) is 0 Å². The number of H-pyrrole nitrogens is 1. The second-order valence-corrected chi connectivity index (χ2v) is 5.64. The molecule has 1 aromatic heterocycles. The molecule has 1 aliphatic rings. The molecule has 4 heteroatoms. The zero-order chi connectivity index (χ0) is 13.1. The molecule has 0 radical (unpaired) electrons. The highest BCUT2D eigenvalue weighted by atomic mass is 16.3. The molecule has 0 unspecified atom stereocenters. The molecular formula is C14H22N2O2. The fraction of sp³-hybridized carbons (Fsp3) is 0.714. The van der Waals surface area contributed by atoms with Gasteiger partial charge >= 0.3 is 0 Å². The number of aromatic nitrogens is 2. The topological polar surface area (TPSA) is 66.0 Å². The van der Waals surface area contributed by atoms with Gasteiger partial charge in [0.05, 0.1) is 12.2 Å². The van der Waals surface area contributed by atoms with E-state index in [9.17, 15) is 4.79 Å². The van der Waals surface area contributed by atoms with Gasteiger partial charge in [0, 0.05) is 12.1 Å². The van der Waals surface area contributed by atoms with Crippen LogP contribution in [0.5, 0.6) is 0 Å². The molecule has 0 aromatic carbocycles. The van der Waals surface area contributed by atoms with Crippen LogP contribution in [-0.4, -0.2) is 15.1 Å². The minimum Gasteiger partial charge on any atom is -0.391 e. The van der Waals surface area contributed by atoms with E-state index in [-0.39, 0.29) is 12.2 Å². The van der Waals surface area contributed by atoms with Gasteiger partial charge < -0.3 is 10.1 Å². The van der Waals surface area contributed by atoms with E-state index in [0.29, 0.717) is 11.5 Å². The molecule has 1 aliphatic carbocycles. The first kappa shape index (κ1) is 13.3. The molecular weight excluding hydrogens is 228 g/mol. The molecule has 0 saturated heterocycles. The normalized spacial score (nSPS) is 24.4. The van der Waals surface area contributed by atoms with Gasteiger partial charge in [-0.3, -0.25) is 4.79 Å². The van der Waals surface area contributed by atoms with Crippen molar-refractivity contribution in [3.63, 3.8) is 0 Å². The van der Waals surface area contributed by atoms with Crippen LogP contribution in [-0.2, 0) is 6.61 Å². The lowest BCUT2D eigenvalue weighted by Gasteiger charge is -2.30. The summed E-state index contributed by atoms with van der Waals surface area (Å²) < 4.78 is 0. The van der Waals surface area contributed by atoms with Crippen molar-refractivity contribution in [2.45, 2.75) is 52.1 Å². The van der Waals surface area contributed by atoms with Crippen LogP contribution in [0.3, 0.4) is 0 Å². The standard InChI is InChI=1S/C14H22N2O2/c1-9(2)10-3-5-11(6-4-10)13-15-7-12(8-17)14(18)16-13/h7,9-11,17H,3-6,8H2,1-2H3,(H,15,16,18). The summed E-state index contributed by atoms with van der Waals surface area (Å²) in [5, 5.41) is 8.96. The molecule has 18 heavy (non-hydrogen) atoms. The third kappa shape index (κ3) is 2.80. The van der Waals surface area contributed by atoms with Crippen LogP contribution in [0.15, 0.2) is 11.0 Å². The highest BCUT2D eigenvalue weighted by molar-refractivity contribution is 5.07. The average Bonchev–Trinajstić information content (AvgIpc) is 2.38. The molecule has 1 aromatic rings. The summed E-state index contributed by atoms with van der Waals surface area (Å²) in [7, 11) is 0. The quantitative estimate of drug-likeness (QED) is 0.864. The minimum atomic E-state index is -0.247. The van der Waals surface area contributed by atoms with E-state index in [1.165, 1.54) is 19.0 Å². The lowest BCUT2D eigenvalue weighted by molar-refractivity contribution is 0.253. The highest BCUT2D eigenvalue weighted by Crippen LogP contribution is 2.37. The molecule has 1 heterocycles. The minimum absolute atomic E-state index is 0.200. The van der Waals surface area contributed by atoms with Crippen LogP contribution in [0.4, 0.5) is 0 Å². The van der Waals surface area contributed by atoms with Gasteiger partial charge in [0.25, 0.3) is 5.56 Å². The Morgan fingerprint density at radius 1 is 1.39 bits per heavy atom. The van der Waals surface area contributed by atoms with Crippen LogP contribution in [0.2, 0.25) is 0 Å². The van der Waals surface area contributed by atoms with Crippen molar-refractivity contribution in [1.29, 1.82) is 0 Å². The summed E-state index contributed by atoms with van der Waals surface area (Å²) in [5.74, 6) is 2.72. The van der Waals surface area contributed by atoms with E-state index in [1.807, 2.05) is 0 Å². The fourth-order valence-electron chi connectivity index (χ4n) is 2.81. The predicted molar refractivity (Wildman–Crippen MR) is 70.3 cm³/mol. The first-order valence-electron chi connectivity index (χ1n) is 6.80. The summed E-state index contributed by atoms with van der Waals surface area (Å²) in [6, 6.07) is 0. The fourth-order valence-corrected chi connectivity index (χ4v) is 2.81. The van der Waals surface area contributed by atoms with Gasteiger partial charge in [-0.25, -0.2) is 4.98 Å². The van der Waals surface area contributed by atoms with Gasteiger partial charge in [-0.15, -0.1) is 0 Å². The van der Waals surface area contributed by atoms with E-state index in [4.69, 9.17) is 5.11 Å². The molecule has 1 saturated carbocycles. The molecule has 100 valence electrons. The molecule has 0 spiro atoms. The first-order chi connectivity index (χ1) is 8.61. The van der Waals surface area contributed by atoms with Gasteiger partial charge in [0.2, 0.25) is 0 Å². The predicted octanol–water partition coefficient (Wildman–Crippen LogP) is 2.19. The van der Waals surface area contributed by atoms with E-state index >= 15 is 0 Å². The lowest BCUT2D eigenvalue weighted by atomic mass is 9.77.